The molecule has 0 aromatic heterocycles. The van der Waals surface area contributed by atoms with Crippen LogP contribution in [0.2, 0.25) is 0 Å². The van der Waals surface area contributed by atoms with Gasteiger partial charge in [-0.3, -0.25) is 4.90 Å². The van der Waals surface area contributed by atoms with Crippen molar-refractivity contribution >= 4 is 0 Å². The van der Waals surface area contributed by atoms with E-state index in [1.807, 2.05) is 55.5 Å². The van der Waals surface area contributed by atoms with Gasteiger partial charge in [0.25, 0.3) is 0 Å². The molecule has 0 amide bonds. The Balaban J connectivity index is 1.64. The van der Waals surface area contributed by atoms with E-state index in [0.29, 0.717) is 19.6 Å². The van der Waals surface area contributed by atoms with Crippen molar-refractivity contribution in [2.24, 2.45) is 0 Å². The summed E-state index contributed by atoms with van der Waals surface area (Å²) >= 11 is 0. The number of halogens is 1. The zero-order valence-electron chi connectivity index (χ0n) is 16.1. The van der Waals surface area contributed by atoms with Gasteiger partial charge in [0, 0.05) is 19.6 Å². The van der Waals surface area contributed by atoms with Gasteiger partial charge in [-0.15, -0.1) is 0 Å². The second kappa shape index (κ2) is 10.0. The van der Waals surface area contributed by atoms with E-state index < -0.39 is 6.10 Å². The minimum atomic E-state index is -0.656. The van der Waals surface area contributed by atoms with Crippen molar-refractivity contribution in [1.82, 2.24) is 4.90 Å². The summed E-state index contributed by atoms with van der Waals surface area (Å²) in [6.07, 6.45) is -0.656. The summed E-state index contributed by atoms with van der Waals surface area (Å²) in [7, 11) is 0. The maximum Gasteiger partial charge on any atom is 0.123 e. The van der Waals surface area contributed by atoms with Crippen LogP contribution in [0.5, 0.6) is 5.75 Å². The summed E-state index contributed by atoms with van der Waals surface area (Å²) in [5.41, 5.74) is 3.06. The van der Waals surface area contributed by atoms with Gasteiger partial charge < -0.3 is 9.84 Å². The molecule has 0 aliphatic heterocycles. The highest BCUT2D eigenvalue weighted by molar-refractivity contribution is 5.31. The molecule has 1 unspecified atom stereocenters. The van der Waals surface area contributed by atoms with Crippen LogP contribution in [0, 0.1) is 12.7 Å². The van der Waals surface area contributed by atoms with Crippen LogP contribution in [0.4, 0.5) is 4.39 Å². The molecule has 1 N–H and O–H groups in total. The van der Waals surface area contributed by atoms with Crippen molar-refractivity contribution in [1.29, 1.82) is 0 Å². The van der Waals surface area contributed by atoms with Gasteiger partial charge in [-0.25, -0.2) is 4.39 Å². The Morgan fingerprint density at radius 1 is 0.893 bits per heavy atom. The van der Waals surface area contributed by atoms with Gasteiger partial charge in [-0.05, 0) is 41.8 Å². The summed E-state index contributed by atoms with van der Waals surface area (Å²) in [6, 6.07) is 24.4. The number of para-hydroxylation sites is 1. The Labute approximate surface area is 166 Å². The second-order valence-corrected chi connectivity index (χ2v) is 7.02. The van der Waals surface area contributed by atoms with E-state index in [1.165, 1.54) is 12.1 Å². The third-order valence-corrected chi connectivity index (χ3v) is 4.54. The fraction of sp³-hybridized carbons (Fsp3) is 0.250. The van der Waals surface area contributed by atoms with Crippen LogP contribution in [0.3, 0.4) is 0 Å². The Bertz CT molecular complexity index is 869. The standard InChI is InChI=1S/C24H26FNO2/c1-19-8-5-6-13-24(19)28-18-23(27)17-26(15-20-9-3-2-4-10-20)16-21-11-7-12-22(25)14-21/h2-14,23,27H,15-18H2,1H3. The maximum atomic E-state index is 13.6. The minimum absolute atomic E-state index is 0.208. The molecule has 3 aromatic carbocycles. The van der Waals surface area contributed by atoms with Gasteiger partial charge >= 0.3 is 0 Å². The lowest BCUT2D eigenvalue weighted by Gasteiger charge is -2.25. The molecule has 0 saturated heterocycles. The van der Waals surface area contributed by atoms with Crippen molar-refractivity contribution in [3.05, 3.63) is 101 Å². The van der Waals surface area contributed by atoms with E-state index in [4.69, 9.17) is 4.74 Å². The number of rotatable bonds is 9. The highest BCUT2D eigenvalue weighted by Crippen LogP contribution is 2.17. The molecule has 0 aliphatic rings. The molecule has 3 nitrogen and oxygen atoms in total. The first-order valence-corrected chi connectivity index (χ1v) is 9.47. The van der Waals surface area contributed by atoms with Crippen LogP contribution in [0.25, 0.3) is 0 Å². The number of benzene rings is 3. The normalized spacial score (nSPS) is 12.1. The van der Waals surface area contributed by atoms with Crippen molar-refractivity contribution in [3.63, 3.8) is 0 Å². The predicted molar refractivity (Wildman–Crippen MR) is 110 cm³/mol. The van der Waals surface area contributed by atoms with E-state index in [2.05, 4.69) is 17.0 Å². The minimum Gasteiger partial charge on any atom is -0.491 e. The van der Waals surface area contributed by atoms with Gasteiger partial charge in [0.2, 0.25) is 0 Å². The predicted octanol–water partition coefficient (Wildman–Crippen LogP) is 4.58. The van der Waals surface area contributed by atoms with Gasteiger partial charge in [-0.1, -0.05) is 60.7 Å². The molecular formula is C24H26FNO2. The van der Waals surface area contributed by atoms with Crippen LogP contribution < -0.4 is 4.74 Å². The SMILES string of the molecule is Cc1ccccc1OCC(O)CN(Cc1ccccc1)Cc1cccc(F)c1. The Morgan fingerprint density at radius 2 is 1.57 bits per heavy atom. The third-order valence-electron chi connectivity index (χ3n) is 4.54. The topological polar surface area (TPSA) is 32.7 Å². The molecule has 3 aromatic rings. The number of hydrogen-bond acceptors (Lipinski definition) is 3. The molecule has 0 radical (unpaired) electrons. The van der Waals surface area contributed by atoms with Gasteiger partial charge in [-0.2, -0.15) is 0 Å². The van der Waals surface area contributed by atoms with E-state index in [-0.39, 0.29) is 12.4 Å². The van der Waals surface area contributed by atoms with Crippen molar-refractivity contribution < 1.29 is 14.2 Å². The molecule has 0 bridgehead atoms. The summed E-state index contributed by atoms with van der Waals surface area (Å²) < 4.78 is 19.3. The van der Waals surface area contributed by atoms with Crippen LogP contribution in [0.15, 0.2) is 78.9 Å². The number of aryl methyl sites for hydroxylation is 1. The Hall–Kier alpha value is -2.69. The van der Waals surface area contributed by atoms with Crippen molar-refractivity contribution in [2.45, 2.75) is 26.1 Å². The summed E-state index contributed by atoms with van der Waals surface area (Å²) in [6.45, 7) is 3.83. The summed E-state index contributed by atoms with van der Waals surface area (Å²) in [5.74, 6) is 0.530. The molecule has 1 atom stereocenters. The zero-order valence-corrected chi connectivity index (χ0v) is 16.1. The lowest BCUT2D eigenvalue weighted by Crippen LogP contribution is -2.35. The molecule has 0 heterocycles. The Kier molecular flexibility index (Phi) is 7.18. The van der Waals surface area contributed by atoms with Crippen LogP contribution >= 0.6 is 0 Å². The lowest BCUT2D eigenvalue weighted by molar-refractivity contribution is 0.0626. The molecular weight excluding hydrogens is 353 g/mol. The maximum absolute atomic E-state index is 13.6. The number of nitrogens with zero attached hydrogens (tertiary/aromatic N) is 1. The first-order valence-electron chi connectivity index (χ1n) is 9.47. The molecule has 4 heteroatoms. The lowest BCUT2D eigenvalue weighted by atomic mass is 10.1. The van der Waals surface area contributed by atoms with Gasteiger partial charge in [0.15, 0.2) is 0 Å². The molecule has 28 heavy (non-hydrogen) atoms. The number of hydrogen-bond donors (Lipinski definition) is 1. The number of aliphatic hydroxyl groups is 1. The third kappa shape index (κ3) is 6.19. The number of aliphatic hydroxyl groups excluding tert-OH is 1. The summed E-state index contributed by atoms with van der Waals surface area (Å²) in [5, 5.41) is 10.5. The average Bonchev–Trinajstić information content (AvgIpc) is 2.68. The largest absolute Gasteiger partial charge is 0.491 e. The summed E-state index contributed by atoms with van der Waals surface area (Å²) in [4.78, 5) is 2.11. The van der Waals surface area contributed by atoms with E-state index in [0.717, 1.165) is 22.4 Å². The first-order chi connectivity index (χ1) is 13.6. The average molecular weight is 379 g/mol. The number of ether oxygens (including phenoxy) is 1. The van der Waals surface area contributed by atoms with E-state index in [9.17, 15) is 9.50 Å². The second-order valence-electron chi connectivity index (χ2n) is 7.02. The van der Waals surface area contributed by atoms with Gasteiger partial charge in [0.1, 0.15) is 24.3 Å². The Morgan fingerprint density at radius 3 is 2.32 bits per heavy atom. The quantitative estimate of drug-likeness (QED) is 0.591. The molecule has 146 valence electrons. The van der Waals surface area contributed by atoms with Crippen LogP contribution in [0.1, 0.15) is 16.7 Å². The molecule has 0 saturated carbocycles. The van der Waals surface area contributed by atoms with Crippen LogP contribution in [-0.2, 0) is 13.1 Å². The first kappa shape index (κ1) is 20.1. The van der Waals surface area contributed by atoms with Gasteiger partial charge in [0.05, 0.1) is 0 Å². The molecule has 0 fully saturated rings. The van der Waals surface area contributed by atoms with Crippen LogP contribution in [-0.4, -0.2) is 29.3 Å². The molecule has 3 rings (SSSR count). The zero-order chi connectivity index (χ0) is 19.8. The monoisotopic (exact) mass is 379 g/mol. The highest BCUT2D eigenvalue weighted by atomic mass is 19.1. The fourth-order valence-corrected chi connectivity index (χ4v) is 3.18. The smallest absolute Gasteiger partial charge is 0.123 e. The van der Waals surface area contributed by atoms with Crippen molar-refractivity contribution in [2.75, 3.05) is 13.2 Å². The molecule has 0 aliphatic carbocycles. The van der Waals surface area contributed by atoms with Crippen molar-refractivity contribution in [3.8, 4) is 5.75 Å². The van der Waals surface area contributed by atoms with E-state index >= 15 is 0 Å². The molecule has 0 spiro atoms. The highest BCUT2D eigenvalue weighted by Gasteiger charge is 2.14. The fourth-order valence-electron chi connectivity index (χ4n) is 3.18. The van der Waals surface area contributed by atoms with E-state index in [1.54, 1.807) is 6.07 Å².